The summed E-state index contributed by atoms with van der Waals surface area (Å²) >= 11 is 0. The Morgan fingerprint density at radius 3 is 2.48 bits per heavy atom. The number of benzene rings is 2. The van der Waals surface area contributed by atoms with Crippen molar-refractivity contribution < 1.29 is 14.2 Å². The molecule has 0 radical (unpaired) electrons. The minimum atomic E-state index is -0.408. The number of rotatable bonds is 10. The van der Waals surface area contributed by atoms with Crippen LogP contribution in [-0.2, 0) is 13.0 Å². The summed E-state index contributed by atoms with van der Waals surface area (Å²) < 4.78 is 21.6. The minimum Gasteiger partial charge on any atom is -0.439 e. The molecule has 0 unspecified atom stereocenters. The molecule has 1 aromatic heterocycles. The smallest absolute Gasteiger partial charge is 0.227 e. The standard InChI is InChI=1S/C25H30FN3O2/c1-3-24-23(17-28(15-18(2)30)16-19-9-10-19)25(31-22-13-11-20(26)12-14-22)29(27-24)21-7-5-4-6-8-21/h4-8,11-14,18-19,30H,3,9-10,15-17H2,1-2H3/t18-/m1/s1. The highest BCUT2D eigenvalue weighted by Crippen LogP contribution is 2.34. The Balaban J connectivity index is 1.74. The summed E-state index contributed by atoms with van der Waals surface area (Å²) in [4.78, 5) is 2.30. The van der Waals surface area contributed by atoms with Gasteiger partial charge in [0, 0.05) is 19.6 Å². The van der Waals surface area contributed by atoms with E-state index in [4.69, 9.17) is 9.84 Å². The third-order valence-electron chi connectivity index (χ3n) is 5.50. The average Bonchev–Trinajstić information content (AvgIpc) is 3.51. The van der Waals surface area contributed by atoms with Crippen LogP contribution in [0.4, 0.5) is 4.39 Å². The number of aryl methyl sites for hydroxylation is 1. The summed E-state index contributed by atoms with van der Waals surface area (Å²) in [6, 6.07) is 15.9. The molecule has 1 heterocycles. The lowest BCUT2D eigenvalue weighted by Crippen LogP contribution is -2.32. The zero-order valence-electron chi connectivity index (χ0n) is 18.2. The van der Waals surface area contributed by atoms with E-state index in [1.54, 1.807) is 12.1 Å². The first-order valence-corrected chi connectivity index (χ1v) is 11.0. The third-order valence-corrected chi connectivity index (χ3v) is 5.50. The summed E-state index contributed by atoms with van der Waals surface area (Å²) in [5.41, 5.74) is 2.88. The van der Waals surface area contributed by atoms with Crippen LogP contribution in [0.1, 0.15) is 37.9 Å². The lowest BCUT2D eigenvalue weighted by atomic mass is 10.1. The van der Waals surface area contributed by atoms with Gasteiger partial charge in [-0.25, -0.2) is 9.07 Å². The summed E-state index contributed by atoms with van der Waals surface area (Å²) in [7, 11) is 0. The maximum atomic E-state index is 13.4. The predicted octanol–water partition coefficient (Wildman–Crippen LogP) is 4.96. The predicted molar refractivity (Wildman–Crippen MR) is 119 cm³/mol. The second kappa shape index (κ2) is 9.62. The van der Waals surface area contributed by atoms with E-state index in [1.807, 2.05) is 41.9 Å². The number of nitrogens with zero attached hydrogens (tertiary/aromatic N) is 3. The lowest BCUT2D eigenvalue weighted by molar-refractivity contribution is 0.118. The van der Waals surface area contributed by atoms with Crippen LogP contribution in [0.2, 0.25) is 0 Å². The van der Waals surface area contributed by atoms with Gasteiger partial charge in [0.15, 0.2) is 0 Å². The number of para-hydroxylation sites is 1. The summed E-state index contributed by atoms with van der Waals surface area (Å²) in [6.45, 7) is 6.12. The van der Waals surface area contributed by atoms with Crippen molar-refractivity contribution in [1.82, 2.24) is 14.7 Å². The van der Waals surface area contributed by atoms with Crippen LogP contribution in [0.5, 0.6) is 11.6 Å². The van der Waals surface area contributed by atoms with Crippen LogP contribution >= 0.6 is 0 Å². The molecule has 0 bridgehead atoms. The Kier molecular flexibility index (Phi) is 6.68. The van der Waals surface area contributed by atoms with Crippen LogP contribution in [0.25, 0.3) is 5.69 Å². The maximum Gasteiger partial charge on any atom is 0.227 e. The van der Waals surface area contributed by atoms with E-state index < -0.39 is 6.10 Å². The van der Waals surface area contributed by atoms with Gasteiger partial charge >= 0.3 is 0 Å². The fourth-order valence-electron chi connectivity index (χ4n) is 3.85. The molecule has 0 saturated heterocycles. The maximum absolute atomic E-state index is 13.4. The largest absolute Gasteiger partial charge is 0.439 e. The topological polar surface area (TPSA) is 50.5 Å². The summed E-state index contributed by atoms with van der Waals surface area (Å²) in [5, 5.41) is 14.9. The van der Waals surface area contributed by atoms with Gasteiger partial charge in [0.1, 0.15) is 11.6 Å². The normalized spacial score (nSPS) is 14.7. The average molecular weight is 424 g/mol. The van der Waals surface area contributed by atoms with E-state index in [2.05, 4.69) is 11.8 Å². The van der Waals surface area contributed by atoms with Crippen LogP contribution < -0.4 is 4.74 Å². The molecule has 0 amide bonds. The number of aliphatic hydroxyl groups is 1. The second-order valence-corrected chi connectivity index (χ2v) is 8.37. The molecule has 164 valence electrons. The van der Waals surface area contributed by atoms with E-state index in [0.29, 0.717) is 30.6 Å². The quantitative estimate of drug-likeness (QED) is 0.501. The van der Waals surface area contributed by atoms with Gasteiger partial charge in [-0.3, -0.25) is 4.90 Å². The fourth-order valence-corrected chi connectivity index (χ4v) is 3.85. The van der Waals surface area contributed by atoms with Gasteiger partial charge in [-0.05, 0) is 68.5 Å². The van der Waals surface area contributed by atoms with Crippen molar-refractivity contribution in [2.24, 2.45) is 5.92 Å². The number of hydrogen-bond acceptors (Lipinski definition) is 4. The Labute approximate surface area is 183 Å². The van der Waals surface area contributed by atoms with Crippen LogP contribution in [0.15, 0.2) is 54.6 Å². The number of hydrogen-bond donors (Lipinski definition) is 1. The third kappa shape index (κ3) is 5.51. The van der Waals surface area contributed by atoms with Gasteiger partial charge in [0.25, 0.3) is 0 Å². The van der Waals surface area contributed by atoms with Gasteiger partial charge in [-0.2, -0.15) is 5.10 Å². The lowest BCUT2D eigenvalue weighted by Gasteiger charge is -2.24. The van der Waals surface area contributed by atoms with Crippen molar-refractivity contribution in [2.75, 3.05) is 13.1 Å². The minimum absolute atomic E-state index is 0.300. The monoisotopic (exact) mass is 423 g/mol. The molecule has 1 aliphatic rings. The van der Waals surface area contributed by atoms with Crippen molar-refractivity contribution in [3.63, 3.8) is 0 Å². The molecule has 0 aliphatic heterocycles. The van der Waals surface area contributed by atoms with E-state index in [-0.39, 0.29) is 5.82 Å². The number of aromatic nitrogens is 2. The van der Waals surface area contributed by atoms with Crippen LogP contribution in [0.3, 0.4) is 0 Å². The highest BCUT2D eigenvalue weighted by atomic mass is 19.1. The van der Waals surface area contributed by atoms with Gasteiger partial charge in [-0.15, -0.1) is 0 Å². The molecule has 6 heteroatoms. The highest BCUT2D eigenvalue weighted by molar-refractivity contribution is 5.43. The van der Waals surface area contributed by atoms with Crippen molar-refractivity contribution in [1.29, 1.82) is 0 Å². The van der Waals surface area contributed by atoms with Crippen molar-refractivity contribution in [2.45, 2.75) is 45.8 Å². The van der Waals surface area contributed by atoms with E-state index in [9.17, 15) is 9.50 Å². The van der Waals surface area contributed by atoms with Gasteiger partial charge in [-0.1, -0.05) is 25.1 Å². The summed E-state index contributed by atoms with van der Waals surface area (Å²) in [6.07, 6.45) is 2.86. The van der Waals surface area contributed by atoms with Gasteiger partial charge in [0.05, 0.1) is 23.0 Å². The Morgan fingerprint density at radius 1 is 1.16 bits per heavy atom. The van der Waals surface area contributed by atoms with E-state index in [0.717, 1.165) is 29.9 Å². The molecule has 2 aromatic carbocycles. The van der Waals surface area contributed by atoms with Gasteiger partial charge in [0.2, 0.25) is 5.88 Å². The number of aliphatic hydroxyl groups excluding tert-OH is 1. The van der Waals surface area contributed by atoms with Gasteiger partial charge < -0.3 is 9.84 Å². The highest BCUT2D eigenvalue weighted by Gasteiger charge is 2.28. The molecule has 4 rings (SSSR count). The van der Waals surface area contributed by atoms with Crippen LogP contribution in [0, 0.1) is 11.7 Å². The Hall–Kier alpha value is -2.70. The Morgan fingerprint density at radius 2 is 1.87 bits per heavy atom. The molecular formula is C25H30FN3O2. The zero-order valence-corrected chi connectivity index (χ0v) is 18.2. The molecular weight excluding hydrogens is 393 g/mol. The molecule has 1 fully saturated rings. The molecule has 3 aromatic rings. The van der Waals surface area contributed by atoms with Crippen molar-refractivity contribution in [3.8, 4) is 17.3 Å². The van der Waals surface area contributed by atoms with Crippen molar-refractivity contribution >= 4 is 0 Å². The summed E-state index contributed by atoms with van der Waals surface area (Å²) in [5.74, 6) is 1.60. The molecule has 31 heavy (non-hydrogen) atoms. The molecule has 5 nitrogen and oxygen atoms in total. The second-order valence-electron chi connectivity index (χ2n) is 8.37. The zero-order chi connectivity index (χ0) is 21.8. The van der Waals surface area contributed by atoms with Crippen LogP contribution in [-0.4, -0.2) is 39.0 Å². The number of ether oxygens (including phenoxy) is 1. The Bertz CT molecular complexity index is 978. The molecule has 1 saturated carbocycles. The number of halogens is 1. The van der Waals surface area contributed by atoms with E-state index in [1.165, 1.54) is 25.0 Å². The molecule has 1 aliphatic carbocycles. The van der Waals surface area contributed by atoms with Crippen molar-refractivity contribution in [3.05, 3.63) is 71.7 Å². The molecule has 1 N–H and O–H groups in total. The first kappa shape index (κ1) is 21.5. The molecule has 1 atom stereocenters. The first-order chi connectivity index (χ1) is 15.0. The molecule has 0 spiro atoms. The van der Waals surface area contributed by atoms with E-state index >= 15 is 0 Å². The SMILES string of the molecule is CCc1nn(-c2ccccc2)c(Oc2ccc(F)cc2)c1CN(CC1CC1)C[C@@H](C)O. The first-order valence-electron chi connectivity index (χ1n) is 11.0. The fraction of sp³-hybridized carbons (Fsp3) is 0.400.